The fourth-order valence-corrected chi connectivity index (χ4v) is 4.41. The predicted octanol–water partition coefficient (Wildman–Crippen LogP) is 6.47. The predicted molar refractivity (Wildman–Crippen MR) is 155 cm³/mol. The van der Waals surface area contributed by atoms with Gasteiger partial charge in [0.2, 0.25) is 0 Å². The number of hydrogen-bond donors (Lipinski definition) is 1. The van der Waals surface area contributed by atoms with Crippen LogP contribution in [0, 0.1) is 11.3 Å². The molecule has 7 heteroatoms. The molecule has 1 aliphatic rings. The molecule has 1 fully saturated rings. The summed E-state index contributed by atoms with van der Waals surface area (Å²) >= 11 is 0. The van der Waals surface area contributed by atoms with Crippen LogP contribution in [0.25, 0.3) is 0 Å². The van der Waals surface area contributed by atoms with Crippen LogP contribution in [0.2, 0.25) is 0 Å². The van der Waals surface area contributed by atoms with Crippen LogP contribution in [-0.4, -0.2) is 48.1 Å². The third-order valence-electron chi connectivity index (χ3n) is 7.91. The van der Waals surface area contributed by atoms with Crippen molar-refractivity contribution in [2.45, 2.75) is 80.1 Å². The van der Waals surface area contributed by atoms with E-state index in [2.05, 4.69) is 4.90 Å². The van der Waals surface area contributed by atoms with Crippen molar-refractivity contribution in [2.75, 3.05) is 31.1 Å². The van der Waals surface area contributed by atoms with Gasteiger partial charge in [0, 0.05) is 54.6 Å². The third-order valence-corrected chi connectivity index (χ3v) is 7.91. The Labute approximate surface area is 234 Å². The van der Waals surface area contributed by atoms with Gasteiger partial charge in [-0.15, -0.1) is 0 Å². The van der Waals surface area contributed by atoms with Crippen LogP contribution in [-0.2, 0) is 20.5 Å². The largest absolute Gasteiger partial charge is 0.507 e. The Kier molecular flexibility index (Phi) is 8.63. The number of phenols is 1. The Morgan fingerprint density at radius 2 is 1.38 bits per heavy atom. The van der Waals surface area contributed by atoms with Gasteiger partial charge < -0.3 is 14.9 Å². The van der Waals surface area contributed by atoms with E-state index in [1.54, 1.807) is 6.07 Å². The molecular weight excluding hydrogens is 492 g/mol. The van der Waals surface area contributed by atoms with Gasteiger partial charge in [0.1, 0.15) is 5.75 Å². The second-order valence-corrected chi connectivity index (χ2v) is 13.5. The van der Waals surface area contributed by atoms with Gasteiger partial charge in [-0.25, -0.2) is 9.68 Å². The minimum absolute atomic E-state index is 0.0255. The molecule has 0 aliphatic carbocycles. The van der Waals surface area contributed by atoms with Gasteiger partial charge in [0.15, 0.2) is 5.75 Å². The fourth-order valence-electron chi connectivity index (χ4n) is 4.41. The average molecular weight is 539 g/mol. The highest BCUT2D eigenvalue weighted by Crippen LogP contribution is 2.40. The number of rotatable bonds is 6. The van der Waals surface area contributed by atoms with Crippen LogP contribution in [0.3, 0.4) is 0 Å². The molecule has 0 radical (unpaired) electrons. The molecule has 1 aliphatic heterocycles. The van der Waals surface area contributed by atoms with Crippen molar-refractivity contribution >= 4 is 17.6 Å². The summed E-state index contributed by atoms with van der Waals surface area (Å²) in [6, 6.07) is 11.1. The van der Waals surface area contributed by atoms with E-state index < -0.39 is 11.4 Å². The highest BCUT2D eigenvalue weighted by Gasteiger charge is 2.35. The maximum absolute atomic E-state index is 13.6. The van der Waals surface area contributed by atoms with Gasteiger partial charge in [-0.3, -0.25) is 9.68 Å². The number of piperazine rings is 1. The van der Waals surface area contributed by atoms with Gasteiger partial charge in [0.05, 0.1) is 5.41 Å². The lowest BCUT2D eigenvalue weighted by molar-refractivity contribution is -0.226. The molecule has 0 bridgehead atoms. The summed E-state index contributed by atoms with van der Waals surface area (Å²) in [6.07, 6.45) is 0. The smallest absolute Gasteiger partial charge is 0.361 e. The van der Waals surface area contributed by atoms with Crippen molar-refractivity contribution in [2.24, 2.45) is 11.3 Å². The van der Waals surface area contributed by atoms with Crippen LogP contribution in [0.5, 0.6) is 11.5 Å². The fraction of sp³-hybridized carbons (Fsp3) is 0.562. The number of phenolic OH excluding ortho intramolecular Hbond substituents is 1. The quantitative estimate of drug-likeness (QED) is 0.335. The first-order valence-electron chi connectivity index (χ1n) is 13.8. The molecule has 3 rings (SSSR count). The summed E-state index contributed by atoms with van der Waals surface area (Å²) < 4.78 is 0. The van der Waals surface area contributed by atoms with E-state index >= 15 is 0 Å². The average Bonchev–Trinajstić information content (AvgIpc) is 2.85. The number of anilines is 1. The number of carbonyl (C=O) groups is 2. The first-order chi connectivity index (χ1) is 17.9. The highest BCUT2D eigenvalue weighted by molar-refractivity contribution is 5.95. The van der Waals surface area contributed by atoms with E-state index in [1.807, 2.05) is 104 Å². The summed E-state index contributed by atoms with van der Waals surface area (Å²) in [7, 11) is 0. The van der Waals surface area contributed by atoms with Gasteiger partial charge in [-0.05, 0) is 54.9 Å². The molecule has 2 aromatic carbocycles. The molecule has 1 amide bonds. The van der Waals surface area contributed by atoms with Crippen LogP contribution in [0.1, 0.15) is 90.7 Å². The Morgan fingerprint density at radius 3 is 1.87 bits per heavy atom. The van der Waals surface area contributed by atoms with Crippen molar-refractivity contribution in [1.82, 2.24) is 4.90 Å². The summed E-state index contributed by atoms with van der Waals surface area (Å²) in [4.78, 5) is 40.6. The van der Waals surface area contributed by atoms with Crippen LogP contribution in [0.15, 0.2) is 36.4 Å². The lowest BCUT2D eigenvalue weighted by atomic mass is 9.78. The summed E-state index contributed by atoms with van der Waals surface area (Å²) in [5.74, 6) is 0.404. The van der Waals surface area contributed by atoms with Gasteiger partial charge in [-0.1, -0.05) is 61.5 Å². The molecular formula is C32H46N2O5. The molecule has 39 heavy (non-hydrogen) atoms. The Balaban J connectivity index is 1.71. The molecule has 1 N–H and O–H groups in total. The van der Waals surface area contributed by atoms with E-state index in [4.69, 9.17) is 9.78 Å². The Morgan fingerprint density at radius 1 is 0.846 bits per heavy atom. The summed E-state index contributed by atoms with van der Waals surface area (Å²) in [6.45, 7) is 22.4. The van der Waals surface area contributed by atoms with Gasteiger partial charge >= 0.3 is 5.97 Å². The van der Waals surface area contributed by atoms with E-state index in [0.717, 1.165) is 16.8 Å². The van der Waals surface area contributed by atoms with Crippen molar-refractivity contribution in [3.8, 4) is 11.5 Å². The summed E-state index contributed by atoms with van der Waals surface area (Å²) in [5, 5.41) is 11.0. The maximum Gasteiger partial charge on any atom is 0.361 e. The monoisotopic (exact) mass is 538 g/mol. The number of benzene rings is 2. The Hall–Kier alpha value is -3.22. The number of aromatic hydroxyl groups is 1. The Bertz CT molecular complexity index is 1160. The van der Waals surface area contributed by atoms with Gasteiger partial charge in [0.25, 0.3) is 5.91 Å². The highest BCUT2D eigenvalue weighted by atomic mass is 17.2. The van der Waals surface area contributed by atoms with Crippen LogP contribution < -0.4 is 9.79 Å². The zero-order chi connectivity index (χ0) is 29.3. The van der Waals surface area contributed by atoms with Crippen molar-refractivity contribution in [3.63, 3.8) is 0 Å². The van der Waals surface area contributed by atoms with E-state index in [1.165, 1.54) is 0 Å². The van der Waals surface area contributed by atoms with Crippen LogP contribution in [0.4, 0.5) is 5.69 Å². The standard InChI is InChI=1S/C32H46N2O5/c1-21(2)32(9,10)29(37)39-38-24-13-11-12-23(20-24)33-14-16-34(17-15-33)28(36)22-18-25(30(3,4)5)27(35)26(19-22)31(6,7)8/h11-13,18-21,35H,14-17H2,1-10H3. The number of nitrogens with zero attached hydrogens (tertiary/aromatic N) is 2. The minimum atomic E-state index is -0.654. The van der Waals surface area contributed by atoms with Crippen molar-refractivity contribution in [1.29, 1.82) is 0 Å². The first-order valence-corrected chi connectivity index (χ1v) is 13.8. The van der Waals surface area contributed by atoms with Crippen molar-refractivity contribution in [3.05, 3.63) is 53.1 Å². The second kappa shape index (κ2) is 11.1. The minimum Gasteiger partial charge on any atom is -0.507 e. The molecule has 0 saturated carbocycles. The molecule has 1 saturated heterocycles. The van der Waals surface area contributed by atoms with E-state index in [0.29, 0.717) is 37.5 Å². The molecule has 0 aromatic heterocycles. The number of amides is 1. The lowest BCUT2D eigenvalue weighted by Gasteiger charge is -2.36. The lowest BCUT2D eigenvalue weighted by Crippen LogP contribution is -2.48. The molecule has 2 aromatic rings. The van der Waals surface area contributed by atoms with Crippen molar-refractivity contribution < 1.29 is 24.5 Å². The number of hydrogen-bond acceptors (Lipinski definition) is 6. The van der Waals surface area contributed by atoms with Crippen LogP contribution >= 0.6 is 0 Å². The SMILES string of the molecule is CC(C)C(C)(C)C(=O)OOc1cccc(N2CCN(C(=O)c3cc(C(C)(C)C)c(O)c(C(C)(C)C)c3)CC2)c1. The molecule has 0 unspecified atom stereocenters. The zero-order valence-corrected chi connectivity index (χ0v) is 25.3. The maximum atomic E-state index is 13.6. The molecule has 1 heterocycles. The van der Waals surface area contributed by atoms with E-state index in [9.17, 15) is 14.7 Å². The molecule has 0 atom stereocenters. The molecule has 214 valence electrons. The normalized spacial score (nSPS) is 14.9. The third kappa shape index (κ3) is 6.87. The van der Waals surface area contributed by atoms with E-state index in [-0.39, 0.29) is 28.4 Å². The first kappa shape index (κ1) is 30.3. The summed E-state index contributed by atoms with van der Waals surface area (Å²) in [5.41, 5.74) is 1.86. The second-order valence-electron chi connectivity index (χ2n) is 13.5. The van der Waals surface area contributed by atoms with Gasteiger partial charge in [-0.2, -0.15) is 0 Å². The number of carbonyl (C=O) groups excluding carboxylic acids is 2. The topological polar surface area (TPSA) is 79.3 Å². The molecule has 7 nitrogen and oxygen atoms in total. The zero-order valence-electron chi connectivity index (χ0n) is 25.3. The molecule has 0 spiro atoms.